The fourth-order valence-electron chi connectivity index (χ4n) is 3.85. The van der Waals surface area contributed by atoms with Crippen molar-refractivity contribution in [2.24, 2.45) is 7.05 Å². The SMILES string of the molecule is Cl.Cn1cc(C(=O)N2CCN(CC(=O)NCc3ccccc3)CC2)c2ccccc21. The van der Waals surface area contributed by atoms with E-state index in [0.717, 1.165) is 22.0 Å². The number of carbonyl (C=O) groups excluding carboxylic acids is 2. The first-order valence-corrected chi connectivity index (χ1v) is 9.98. The molecule has 7 heteroatoms. The molecule has 2 heterocycles. The number of nitrogens with zero attached hydrogens (tertiary/aromatic N) is 3. The van der Waals surface area contributed by atoms with E-state index in [1.807, 2.05) is 77.3 Å². The number of piperazine rings is 1. The number of halogens is 1. The van der Waals surface area contributed by atoms with Gasteiger partial charge in [0.25, 0.3) is 5.91 Å². The minimum absolute atomic E-state index is 0. The average Bonchev–Trinajstić information content (AvgIpc) is 3.10. The maximum absolute atomic E-state index is 13.0. The fourth-order valence-corrected chi connectivity index (χ4v) is 3.85. The van der Waals surface area contributed by atoms with Crippen LogP contribution in [0.2, 0.25) is 0 Å². The molecule has 0 saturated carbocycles. The van der Waals surface area contributed by atoms with Crippen LogP contribution in [0.15, 0.2) is 60.8 Å². The van der Waals surface area contributed by atoms with Crippen LogP contribution in [0, 0.1) is 0 Å². The Bertz CT molecular complexity index is 1010. The molecule has 0 unspecified atom stereocenters. The standard InChI is InChI=1S/C23H26N4O2.ClH/c1-25-16-20(19-9-5-6-10-21(19)25)23(29)27-13-11-26(12-14-27)17-22(28)24-15-18-7-3-2-4-8-18;/h2-10,16H,11-15,17H2,1H3,(H,24,28);1H. The van der Waals surface area contributed by atoms with Gasteiger partial charge in [-0.1, -0.05) is 48.5 Å². The van der Waals surface area contributed by atoms with Gasteiger partial charge in [-0.3, -0.25) is 14.5 Å². The van der Waals surface area contributed by atoms with Gasteiger partial charge < -0.3 is 14.8 Å². The molecule has 1 saturated heterocycles. The molecule has 0 bridgehead atoms. The highest BCUT2D eigenvalue weighted by Gasteiger charge is 2.25. The molecule has 0 spiro atoms. The molecule has 4 rings (SSSR count). The summed E-state index contributed by atoms with van der Waals surface area (Å²) in [5, 5.41) is 3.95. The van der Waals surface area contributed by atoms with Gasteiger partial charge >= 0.3 is 0 Å². The molecule has 0 aliphatic carbocycles. The van der Waals surface area contributed by atoms with Gasteiger partial charge in [0.05, 0.1) is 12.1 Å². The Kier molecular flexibility index (Phi) is 7.13. The molecule has 0 atom stereocenters. The molecule has 30 heavy (non-hydrogen) atoms. The average molecular weight is 427 g/mol. The zero-order chi connectivity index (χ0) is 20.2. The number of fused-ring (bicyclic) bond motifs is 1. The summed E-state index contributed by atoms with van der Waals surface area (Å²) in [7, 11) is 1.96. The summed E-state index contributed by atoms with van der Waals surface area (Å²) in [6, 6.07) is 17.9. The van der Waals surface area contributed by atoms with E-state index in [1.165, 1.54) is 0 Å². The van der Waals surface area contributed by atoms with Gasteiger partial charge in [0.2, 0.25) is 5.91 Å². The highest BCUT2D eigenvalue weighted by atomic mass is 35.5. The van der Waals surface area contributed by atoms with Gasteiger partial charge in [-0.15, -0.1) is 12.4 Å². The lowest BCUT2D eigenvalue weighted by atomic mass is 10.1. The Labute approximate surface area is 182 Å². The summed E-state index contributed by atoms with van der Waals surface area (Å²) in [6.45, 7) is 3.58. The monoisotopic (exact) mass is 426 g/mol. The number of para-hydroxylation sites is 1. The molecule has 0 radical (unpaired) electrons. The predicted octanol–water partition coefficient (Wildman–Crippen LogP) is 2.67. The Hall–Kier alpha value is -2.83. The van der Waals surface area contributed by atoms with Gasteiger partial charge in [-0.25, -0.2) is 0 Å². The lowest BCUT2D eigenvalue weighted by Gasteiger charge is -2.34. The van der Waals surface area contributed by atoms with E-state index < -0.39 is 0 Å². The third-order valence-corrected chi connectivity index (χ3v) is 5.49. The molecule has 158 valence electrons. The summed E-state index contributed by atoms with van der Waals surface area (Å²) < 4.78 is 2.00. The third-order valence-electron chi connectivity index (χ3n) is 5.49. The van der Waals surface area contributed by atoms with Gasteiger partial charge in [0.1, 0.15) is 0 Å². The summed E-state index contributed by atoms with van der Waals surface area (Å²) in [4.78, 5) is 29.3. The van der Waals surface area contributed by atoms with Crippen molar-refractivity contribution in [2.75, 3.05) is 32.7 Å². The van der Waals surface area contributed by atoms with E-state index >= 15 is 0 Å². The van der Waals surface area contributed by atoms with E-state index in [1.54, 1.807) is 0 Å². The van der Waals surface area contributed by atoms with Crippen LogP contribution in [-0.4, -0.2) is 58.9 Å². The minimum Gasteiger partial charge on any atom is -0.351 e. The van der Waals surface area contributed by atoms with Crippen molar-refractivity contribution in [1.82, 2.24) is 19.7 Å². The molecule has 2 aromatic carbocycles. The highest BCUT2D eigenvalue weighted by molar-refractivity contribution is 6.07. The fraction of sp³-hybridized carbons (Fsp3) is 0.304. The van der Waals surface area contributed by atoms with Crippen molar-refractivity contribution < 1.29 is 9.59 Å². The van der Waals surface area contributed by atoms with Crippen molar-refractivity contribution in [3.63, 3.8) is 0 Å². The summed E-state index contributed by atoms with van der Waals surface area (Å²) >= 11 is 0. The zero-order valence-electron chi connectivity index (χ0n) is 17.1. The second-order valence-corrected chi connectivity index (χ2v) is 7.50. The van der Waals surface area contributed by atoms with Crippen LogP contribution in [0.1, 0.15) is 15.9 Å². The van der Waals surface area contributed by atoms with Crippen molar-refractivity contribution in [2.45, 2.75) is 6.54 Å². The smallest absolute Gasteiger partial charge is 0.256 e. The minimum atomic E-state index is 0. The van der Waals surface area contributed by atoms with Crippen molar-refractivity contribution in [3.05, 3.63) is 71.9 Å². The maximum atomic E-state index is 13.0. The number of aryl methyl sites for hydroxylation is 1. The first kappa shape index (κ1) is 21.9. The summed E-state index contributed by atoms with van der Waals surface area (Å²) in [6.07, 6.45) is 1.91. The van der Waals surface area contributed by atoms with Crippen LogP contribution < -0.4 is 5.32 Å². The molecule has 1 aliphatic heterocycles. The normalized spacial score (nSPS) is 14.4. The second kappa shape index (κ2) is 9.78. The van der Waals surface area contributed by atoms with Crippen LogP contribution >= 0.6 is 12.4 Å². The molecule has 1 aromatic heterocycles. The largest absolute Gasteiger partial charge is 0.351 e. The molecule has 1 N–H and O–H groups in total. The van der Waals surface area contributed by atoms with Crippen molar-refractivity contribution in [1.29, 1.82) is 0 Å². The molecular formula is C23H27ClN4O2. The Balaban J connectivity index is 0.00000256. The molecule has 3 aromatic rings. The number of aromatic nitrogens is 1. The topological polar surface area (TPSA) is 57.6 Å². The predicted molar refractivity (Wildman–Crippen MR) is 121 cm³/mol. The summed E-state index contributed by atoms with van der Waals surface area (Å²) in [5.41, 5.74) is 2.90. The van der Waals surface area contributed by atoms with Gasteiger partial charge in [0.15, 0.2) is 0 Å². The number of benzene rings is 2. The van der Waals surface area contributed by atoms with Crippen LogP contribution in [0.5, 0.6) is 0 Å². The number of carbonyl (C=O) groups is 2. The Morgan fingerprint density at radius 1 is 0.933 bits per heavy atom. The van der Waals surface area contributed by atoms with Crippen molar-refractivity contribution >= 4 is 35.1 Å². The third kappa shape index (κ3) is 4.83. The van der Waals surface area contributed by atoms with E-state index in [2.05, 4.69) is 10.2 Å². The molecular weight excluding hydrogens is 400 g/mol. The highest BCUT2D eigenvalue weighted by Crippen LogP contribution is 2.22. The van der Waals surface area contributed by atoms with Gasteiger partial charge in [-0.2, -0.15) is 0 Å². The first-order valence-electron chi connectivity index (χ1n) is 9.98. The molecule has 6 nitrogen and oxygen atoms in total. The maximum Gasteiger partial charge on any atom is 0.256 e. The van der Waals surface area contributed by atoms with E-state index in [9.17, 15) is 9.59 Å². The lowest BCUT2D eigenvalue weighted by molar-refractivity contribution is -0.122. The van der Waals surface area contributed by atoms with Gasteiger partial charge in [-0.05, 0) is 11.6 Å². The van der Waals surface area contributed by atoms with Crippen LogP contribution in [0.25, 0.3) is 10.9 Å². The lowest BCUT2D eigenvalue weighted by Crippen LogP contribution is -2.51. The number of nitrogens with one attached hydrogen (secondary N) is 1. The molecule has 1 aliphatic rings. The first-order chi connectivity index (χ1) is 14.1. The molecule has 2 amide bonds. The second-order valence-electron chi connectivity index (χ2n) is 7.50. The number of hydrogen-bond donors (Lipinski definition) is 1. The van der Waals surface area contributed by atoms with Crippen LogP contribution in [-0.2, 0) is 18.4 Å². The zero-order valence-corrected chi connectivity index (χ0v) is 17.9. The Morgan fingerprint density at radius 3 is 2.33 bits per heavy atom. The Morgan fingerprint density at radius 2 is 1.60 bits per heavy atom. The number of hydrogen-bond acceptors (Lipinski definition) is 3. The van der Waals surface area contributed by atoms with Crippen molar-refractivity contribution in [3.8, 4) is 0 Å². The number of amides is 2. The van der Waals surface area contributed by atoms with E-state index in [4.69, 9.17) is 0 Å². The quantitative estimate of drug-likeness (QED) is 0.682. The number of rotatable bonds is 5. The van der Waals surface area contributed by atoms with Crippen LogP contribution in [0.3, 0.4) is 0 Å². The van der Waals surface area contributed by atoms with Gasteiger partial charge in [0, 0.05) is 56.9 Å². The van der Waals surface area contributed by atoms with E-state index in [-0.39, 0.29) is 24.2 Å². The van der Waals surface area contributed by atoms with Crippen LogP contribution in [0.4, 0.5) is 0 Å². The van der Waals surface area contributed by atoms with E-state index in [0.29, 0.717) is 39.3 Å². The molecule has 1 fully saturated rings. The summed E-state index contributed by atoms with van der Waals surface area (Å²) in [5.74, 6) is 0.0812.